The van der Waals surface area contributed by atoms with Crippen LogP contribution in [0.5, 0.6) is 11.5 Å². The molecule has 1 heterocycles. The minimum atomic E-state index is -0.299. The van der Waals surface area contributed by atoms with Crippen molar-refractivity contribution in [3.63, 3.8) is 0 Å². The maximum atomic E-state index is 13.7. The van der Waals surface area contributed by atoms with Crippen LogP contribution in [0, 0.1) is 23.2 Å². The summed E-state index contributed by atoms with van der Waals surface area (Å²) in [7, 11) is 0. The first-order valence-corrected chi connectivity index (χ1v) is 11.3. The molecular formula is C26H29NO2. The van der Waals surface area contributed by atoms with Crippen molar-refractivity contribution in [1.29, 1.82) is 0 Å². The first-order chi connectivity index (χ1) is 14.1. The first-order valence-electron chi connectivity index (χ1n) is 11.3. The highest BCUT2D eigenvalue weighted by Crippen LogP contribution is 2.61. The third-order valence-corrected chi connectivity index (χ3v) is 8.31. The minimum absolute atomic E-state index is 0.122. The molecule has 0 radical (unpaired) electrons. The number of benzene rings is 2. The number of hydrogen-bond acceptors (Lipinski definition) is 2. The van der Waals surface area contributed by atoms with Gasteiger partial charge in [0.2, 0.25) is 5.91 Å². The topological polar surface area (TPSA) is 38.3 Å². The van der Waals surface area contributed by atoms with E-state index in [-0.39, 0.29) is 17.9 Å². The lowest BCUT2D eigenvalue weighted by molar-refractivity contribution is -0.126. The predicted octanol–water partition coefficient (Wildman–Crippen LogP) is 5.65. The number of carbonyl (C=O) groups is 1. The van der Waals surface area contributed by atoms with E-state index in [2.05, 4.69) is 12.2 Å². The summed E-state index contributed by atoms with van der Waals surface area (Å²) in [6, 6.07) is 16.2. The Morgan fingerprint density at radius 2 is 1.38 bits per heavy atom. The molecule has 4 saturated carbocycles. The molecular weight excluding hydrogens is 358 g/mol. The lowest BCUT2D eigenvalue weighted by Crippen LogP contribution is -2.56. The Morgan fingerprint density at radius 1 is 0.897 bits per heavy atom. The zero-order valence-electron chi connectivity index (χ0n) is 17.1. The van der Waals surface area contributed by atoms with Crippen molar-refractivity contribution < 1.29 is 9.53 Å². The molecule has 0 spiro atoms. The Labute approximate surface area is 172 Å². The number of carbonyl (C=O) groups excluding carboxylic acids is 1. The third kappa shape index (κ3) is 2.73. The number of ether oxygens (including phenoxy) is 1. The number of para-hydroxylation sites is 2. The van der Waals surface area contributed by atoms with Gasteiger partial charge in [-0.25, -0.2) is 0 Å². The Kier molecular flexibility index (Phi) is 3.85. The van der Waals surface area contributed by atoms with Crippen LogP contribution in [0.1, 0.15) is 62.5 Å². The average molecular weight is 388 g/mol. The second-order valence-corrected chi connectivity index (χ2v) is 10.1. The SMILES string of the molecule is C[C@@H](NC(=O)C1c2ccccc2Oc2ccccc21)C12CC3CC(CC(C3)C1)C2. The van der Waals surface area contributed by atoms with Crippen molar-refractivity contribution in [2.45, 2.75) is 57.4 Å². The summed E-state index contributed by atoms with van der Waals surface area (Å²) in [5.74, 6) is 4.10. The first kappa shape index (κ1) is 17.6. The summed E-state index contributed by atoms with van der Waals surface area (Å²) in [4.78, 5) is 13.7. The highest BCUT2D eigenvalue weighted by molar-refractivity contribution is 5.89. The van der Waals surface area contributed by atoms with Crippen LogP contribution in [-0.2, 0) is 4.79 Å². The van der Waals surface area contributed by atoms with Gasteiger partial charge in [-0.05, 0) is 80.8 Å². The molecule has 150 valence electrons. The molecule has 1 atom stereocenters. The lowest BCUT2D eigenvalue weighted by atomic mass is 9.48. The van der Waals surface area contributed by atoms with Crippen molar-refractivity contribution in [2.75, 3.05) is 0 Å². The fraction of sp³-hybridized carbons (Fsp3) is 0.500. The van der Waals surface area contributed by atoms with Gasteiger partial charge in [0.05, 0.1) is 5.92 Å². The summed E-state index contributed by atoms with van der Waals surface area (Å²) < 4.78 is 6.08. The summed E-state index contributed by atoms with van der Waals surface area (Å²) in [6.45, 7) is 2.27. The number of amides is 1. The van der Waals surface area contributed by atoms with Crippen LogP contribution in [0.4, 0.5) is 0 Å². The molecule has 3 heteroatoms. The Balaban J connectivity index is 1.31. The van der Waals surface area contributed by atoms with Gasteiger partial charge < -0.3 is 10.1 Å². The lowest BCUT2D eigenvalue weighted by Gasteiger charge is -2.59. The van der Waals surface area contributed by atoms with Crippen LogP contribution < -0.4 is 10.1 Å². The molecule has 4 fully saturated rings. The van der Waals surface area contributed by atoms with Crippen molar-refractivity contribution in [3.8, 4) is 11.5 Å². The zero-order chi connectivity index (χ0) is 19.6. The Hall–Kier alpha value is -2.29. The van der Waals surface area contributed by atoms with Crippen LogP contribution in [0.15, 0.2) is 48.5 Å². The molecule has 0 aromatic heterocycles. The van der Waals surface area contributed by atoms with Crippen LogP contribution >= 0.6 is 0 Å². The standard InChI is InChI=1S/C26H29NO2/c1-16(26-13-17-10-18(14-26)12-19(11-17)15-26)27-25(28)24-20-6-2-4-8-22(20)29-23-9-5-3-7-21(23)24/h2-9,16-19,24H,10-15H2,1H3,(H,27,28)/t16-,17?,18?,19?,26?/m1/s1. The van der Waals surface area contributed by atoms with Crippen molar-refractivity contribution in [2.24, 2.45) is 23.2 Å². The normalized spacial score (nSPS) is 32.8. The number of nitrogens with one attached hydrogen (secondary N) is 1. The molecule has 0 unspecified atom stereocenters. The molecule has 1 aliphatic heterocycles. The largest absolute Gasteiger partial charge is 0.457 e. The molecule has 3 nitrogen and oxygen atoms in total. The van der Waals surface area contributed by atoms with E-state index in [0.29, 0.717) is 5.41 Å². The van der Waals surface area contributed by atoms with E-state index in [1.165, 1.54) is 38.5 Å². The molecule has 2 aromatic carbocycles. The van der Waals surface area contributed by atoms with Gasteiger partial charge in [-0.15, -0.1) is 0 Å². The van der Waals surface area contributed by atoms with Gasteiger partial charge in [-0.1, -0.05) is 36.4 Å². The fourth-order valence-corrected chi connectivity index (χ4v) is 7.35. The molecule has 4 bridgehead atoms. The average Bonchev–Trinajstić information content (AvgIpc) is 2.70. The van der Waals surface area contributed by atoms with Crippen LogP contribution in [0.25, 0.3) is 0 Å². The molecule has 0 saturated heterocycles. The molecule has 4 aliphatic carbocycles. The molecule has 1 amide bonds. The van der Waals surface area contributed by atoms with Gasteiger partial charge in [-0.3, -0.25) is 4.79 Å². The van der Waals surface area contributed by atoms with Gasteiger partial charge >= 0.3 is 0 Å². The van der Waals surface area contributed by atoms with Crippen molar-refractivity contribution in [3.05, 3.63) is 59.7 Å². The summed E-state index contributed by atoms with van der Waals surface area (Å²) in [5, 5.41) is 3.49. The van der Waals surface area contributed by atoms with Gasteiger partial charge in [0.1, 0.15) is 11.5 Å². The predicted molar refractivity (Wildman–Crippen MR) is 113 cm³/mol. The monoisotopic (exact) mass is 387 g/mol. The van der Waals surface area contributed by atoms with Crippen LogP contribution in [0.3, 0.4) is 0 Å². The number of rotatable bonds is 3. The van der Waals surface area contributed by atoms with Gasteiger partial charge in [-0.2, -0.15) is 0 Å². The van der Waals surface area contributed by atoms with Gasteiger partial charge in [0, 0.05) is 17.2 Å². The minimum Gasteiger partial charge on any atom is -0.457 e. The fourth-order valence-electron chi connectivity index (χ4n) is 7.35. The highest BCUT2D eigenvalue weighted by atomic mass is 16.5. The van der Waals surface area contributed by atoms with Crippen molar-refractivity contribution in [1.82, 2.24) is 5.32 Å². The maximum Gasteiger partial charge on any atom is 0.232 e. The Morgan fingerprint density at radius 3 is 1.90 bits per heavy atom. The molecule has 5 aliphatic rings. The molecule has 7 rings (SSSR count). The smallest absolute Gasteiger partial charge is 0.232 e. The van der Waals surface area contributed by atoms with E-state index in [1.807, 2.05) is 48.5 Å². The van der Waals surface area contributed by atoms with Crippen molar-refractivity contribution >= 4 is 5.91 Å². The molecule has 1 N–H and O–H groups in total. The Bertz CT molecular complexity index is 884. The van der Waals surface area contributed by atoms with E-state index >= 15 is 0 Å². The zero-order valence-corrected chi connectivity index (χ0v) is 17.1. The van der Waals surface area contributed by atoms with Crippen LogP contribution in [0.2, 0.25) is 0 Å². The van der Waals surface area contributed by atoms with Gasteiger partial charge in [0.25, 0.3) is 0 Å². The van der Waals surface area contributed by atoms with Gasteiger partial charge in [0.15, 0.2) is 0 Å². The second kappa shape index (κ2) is 6.35. The third-order valence-electron chi connectivity index (χ3n) is 8.31. The highest BCUT2D eigenvalue weighted by Gasteiger charge is 2.53. The summed E-state index contributed by atoms with van der Waals surface area (Å²) in [6.07, 6.45) is 8.21. The molecule has 2 aromatic rings. The summed E-state index contributed by atoms with van der Waals surface area (Å²) >= 11 is 0. The quantitative estimate of drug-likeness (QED) is 0.739. The van der Waals surface area contributed by atoms with E-state index in [1.54, 1.807) is 0 Å². The summed E-state index contributed by atoms with van der Waals surface area (Å²) in [5.41, 5.74) is 2.26. The van der Waals surface area contributed by atoms with E-state index < -0.39 is 0 Å². The van der Waals surface area contributed by atoms with Crippen LogP contribution in [-0.4, -0.2) is 11.9 Å². The second-order valence-electron chi connectivity index (χ2n) is 10.1. The maximum absolute atomic E-state index is 13.7. The molecule has 29 heavy (non-hydrogen) atoms. The van der Waals surface area contributed by atoms with E-state index in [9.17, 15) is 4.79 Å². The number of hydrogen-bond donors (Lipinski definition) is 1. The van der Waals surface area contributed by atoms with E-state index in [4.69, 9.17) is 4.74 Å². The van der Waals surface area contributed by atoms with E-state index in [0.717, 1.165) is 40.4 Å². The number of fused-ring (bicyclic) bond motifs is 2.